The van der Waals surface area contributed by atoms with Crippen molar-refractivity contribution in [1.82, 2.24) is 10.2 Å². The van der Waals surface area contributed by atoms with Crippen molar-refractivity contribution in [1.29, 1.82) is 0 Å². The van der Waals surface area contributed by atoms with Gasteiger partial charge in [-0.15, -0.1) is 0 Å². The molecule has 88 valence electrons. The summed E-state index contributed by atoms with van der Waals surface area (Å²) in [6.07, 6.45) is -4.35. The van der Waals surface area contributed by atoms with Crippen molar-refractivity contribution in [3.05, 3.63) is 0 Å². The van der Waals surface area contributed by atoms with E-state index in [4.69, 9.17) is 4.74 Å². The minimum absolute atomic E-state index is 0.000556. The fourth-order valence-corrected chi connectivity index (χ4v) is 1.22. The molecule has 1 saturated heterocycles. The molecule has 0 aromatic rings. The molecule has 0 atom stereocenters. The zero-order valence-electron chi connectivity index (χ0n) is 8.14. The number of carbonyl (C=O) groups is 1. The number of alkyl halides is 3. The molecular weight excluding hydrogens is 213 g/mol. The van der Waals surface area contributed by atoms with Gasteiger partial charge in [0.25, 0.3) is 0 Å². The molecule has 0 aliphatic carbocycles. The van der Waals surface area contributed by atoms with E-state index in [1.165, 1.54) is 0 Å². The Bertz CT molecular complexity index is 214. The highest BCUT2D eigenvalue weighted by Crippen LogP contribution is 2.12. The molecule has 0 aromatic carbocycles. The van der Waals surface area contributed by atoms with Crippen molar-refractivity contribution in [3.8, 4) is 0 Å². The normalized spacial score (nSPS) is 18.9. The van der Waals surface area contributed by atoms with E-state index < -0.39 is 18.6 Å². The Morgan fingerprint density at radius 1 is 1.33 bits per heavy atom. The highest BCUT2D eigenvalue weighted by molar-refractivity contribution is 5.78. The van der Waals surface area contributed by atoms with Crippen LogP contribution in [0.2, 0.25) is 0 Å². The molecule has 4 nitrogen and oxygen atoms in total. The van der Waals surface area contributed by atoms with Crippen molar-refractivity contribution >= 4 is 5.91 Å². The molecule has 1 aliphatic rings. The number of nitrogens with zero attached hydrogens (tertiary/aromatic N) is 1. The fourth-order valence-electron chi connectivity index (χ4n) is 1.22. The maximum atomic E-state index is 11.7. The maximum absolute atomic E-state index is 11.7. The summed E-state index contributed by atoms with van der Waals surface area (Å²) in [6.45, 7) is 0.938. The van der Waals surface area contributed by atoms with E-state index in [0.717, 1.165) is 0 Å². The predicted octanol–water partition coefficient (Wildman–Crippen LogP) is -0.00290. The third-order valence-electron chi connectivity index (χ3n) is 1.96. The Hall–Kier alpha value is -0.820. The Kier molecular flexibility index (Phi) is 4.34. The van der Waals surface area contributed by atoms with Crippen LogP contribution in [0, 0.1) is 0 Å². The topological polar surface area (TPSA) is 41.6 Å². The molecule has 1 heterocycles. The highest BCUT2D eigenvalue weighted by Gasteiger charge is 2.28. The second kappa shape index (κ2) is 5.32. The van der Waals surface area contributed by atoms with E-state index >= 15 is 0 Å². The average Bonchev–Trinajstić information content (AvgIpc) is 2.15. The molecule has 15 heavy (non-hydrogen) atoms. The van der Waals surface area contributed by atoms with E-state index in [1.807, 2.05) is 5.32 Å². The summed E-state index contributed by atoms with van der Waals surface area (Å²) < 4.78 is 40.3. The van der Waals surface area contributed by atoms with Gasteiger partial charge in [0.15, 0.2) is 0 Å². The zero-order valence-corrected chi connectivity index (χ0v) is 8.14. The molecule has 1 rings (SSSR count). The third-order valence-corrected chi connectivity index (χ3v) is 1.96. The van der Waals surface area contributed by atoms with Gasteiger partial charge in [-0.25, -0.2) is 0 Å². The number of hydrogen-bond donors (Lipinski definition) is 1. The summed E-state index contributed by atoms with van der Waals surface area (Å²) in [6, 6.07) is 0. The first-order chi connectivity index (χ1) is 6.97. The summed E-state index contributed by atoms with van der Waals surface area (Å²) in [5, 5.41) is 1.82. The summed E-state index contributed by atoms with van der Waals surface area (Å²) in [5.74, 6) is -0.603. The van der Waals surface area contributed by atoms with Gasteiger partial charge in [-0.1, -0.05) is 0 Å². The van der Waals surface area contributed by atoms with Crippen LogP contribution in [-0.4, -0.2) is 56.4 Å². The number of carbonyl (C=O) groups excluding carboxylic acids is 1. The zero-order chi connectivity index (χ0) is 11.3. The van der Waals surface area contributed by atoms with Crippen molar-refractivity contribution < 1.29 is 22.7 Å². The molecular formula is C8H13F3N2O2. The largest absolute Gasteiger partial charge is 0.405 e. The monoisotopic (exact) mass is 226 g/mol. The van der Waals surface area contributed by atoms with Crippen molar-refractivity contribution in [2.24, 2.45) is 0 Å². The Balaban J connectivity index is 2.17. The van der Waals surface area contributed by atoms with Gasteiger partial charge in [0.1, 0.15) is 6.54 Å². The van der Waals surface area contributed by atoms with Gasteiger partial charge in [-0.2, -0.15) is 13.2 Å². The Morgan fingerprint density at radius 3 is 2.47 bits per heavy atom. The minimum atomic E-state index is -4.35. The van der Waals surface area contributed by atoms with Crippen LogP contribution >= 0.6 is 0 Å². The number of amides is 1. The number of halogens is 3. The van der Waals surface area contributed by atoms with E-state index in [9.17, 15) is 18.0 Å². The van der Waals surface area contributed by atoms with Gasteiger partial charge < -0.3 is 10.1 Å². The first-order valence-electron chi connectivity index (χ1n) is 4.61. The highest BCUT2D eigenvalue weighted by atomic mass is 19.4. The SMILES string of the molecule is O=C(CN1CCOCC1)NCC(F)(F)F. The van der Waals surface area contributed by atoms with Gasteiger partial charge >= 0.3 is 6.18 Å². The van der Waals surface area contributed by atoms with Crippen LogP contribution < -0.4 is 5.32 Å². The average molecular weight is 226 g/mol. The summed E-state index contributed by atoms with van der Waals surface area (Å²) in [7, 11) is 0. The lowest BCUT2D eigenvalue weighted by atomic mass is 10.4. The van der Waals surface area contributed by atoms with Crippen LogP contribution in [0.15, 0.2) is 0 Å². The van der Waals surface area contributed by atoms with Crippen molar-refractivity contribution in [3.63, 3.8) is 0 Å². The predicted molar refractivity (Wildman–Crippen MR) is 46.3 cm³/mol. The maximum Gasteiger partial charge on any atom is 0.405 e. The smallest absolute Gasteiger partial charge is 0.379 e. The number of rotatable bonds is 3. The van der Waals surface area contributed by atoms with E-state index in [-0.39, 0.29) is 6.54 Å². The second-order valence-corrected chi connectivity index (χ2v) is 3.28. The molecule has 0 spiro atoms. The van der Waals surface area contributed by atoms with Crippen LogP contribution in [0.3, 0.4) is 0 Å². The molecule has 1 amide bonds. The van der Waals surface area contributed by atoms with Gasteiger partial charge in [0.05, 0.1) is 19.8 Å². The molecule has 1 fully saturated rings. The molecule has 1 aliphatic heterocycles. The molecule has 0 unspecified atom stereocenters. The number of hydrogen-bond acceptors (Lipinski definition) is 3. The molecule has 0 aromatic heterocycles. The quantitative estimate of drug-likeness (QED) is 0.736. The molecule has 0 radical (unpaired) electrons. The first kappa shape index (κ1) is 12.3. The number of ether oxygens (including phenoxy) is 1. The van der Waals surface area contributed by atoms with Crippen LogP contribution in [-0.2, 0) is 9.53 Å². The van der Waals surface area contributed by atoms with Crippen molar-refractivity contribution in [2.75, 3.05) is 39.4 Å². The van der Waals surface area contributed by atoms with Crippen LogP contribution in [0.4, 0.5) is 13.2 Å². The lowest BCUT2D eigenvalue weighted by Crippen LogP contribution is -2.45. The third kappa shape index (κ3) is 5.58. The van der Waals surface area contributed by atoms with Gasteiger partial charge in [0.2, 0.25) is 5.91 Å². The standard InChI is InChI=1S/C8H13F3N2O2/c9-8(10,11)6-12-7(14)5-13-1-3-15-4-2-13/h1-6H2,(H,12,14). The van der Waals surface area contributed by atoms with Gasteiger partial charge in [-0.05, 0) is 0 Å². The fraction of sp³-hybridized carbons (Fsp3) is 0.875. The minimum Gasteiger partial charge on any atom is -0.379 e. The summed E-state index contributed by atoms with van der Waals surface area (Å²) in [5.41, 5.74) is 0. The number of nitrogens with one attached hydrogen (secondary N) is 1. The Labute approximate surface area is 85.4 Å². The lowest BCUT2D eigenvalue weighted by Gasteiger charge is -2.25. The molecule has 1 N–H and O–H groups in total. The van der Waals surface area contributed by atoms with Crippen LogP contribution in [0.5, 0.6) is 0 Å². The van der Waals surface area contributed by atoms with Crippen LogP contribution in [0.1, 0.15) is 0 Å². The Morgan fingerprint density at radius 2 is 1.93 bits per heavy atom. The summed E-state index contributed by atoms with van der Waals surface area (Å²) in [4.78, 5) is 12.8. The summed E-state index contributed by atoms with van der Waals surface area (Å²) >= 11 is 0. The number of morpholine rings is 1. The van der Waals surface area contributed by atoms with Gasteiger partial charge in [0, 0.05) is 13.1 Å². The van der Waals surface area contributed by atoms with Gasteiger partial charge in [-0.3, -0.25) is 9.69 Å². The van der Waals surface area contributed by atoms with Crippen LogP contribution in [0.25, 0.3) is 0 Å². The second-order valence-electron chi connectivity index (χ2n) is 3.28. The van der Waals surface area contributed by atoms with E-state index in [1.54, 1.807) is 4.90 Å². The molecule has 7 heteroatoms. The molecule has 0 bridgehead atoms. The van der Waals surface area contributed by atoms with Crippen molar-refractivity contribution in [2.45, 2.75) is 6.18 Å². The lowest BCUT2D eigenvalue weighted by molar-refractivity contribution is -0.139. The van der Waals surface area contributed by atoms with E-state index in [2.05, 4.69) is 0 Å². The molecule has 0 saturated carbocycles. The first-order valence-corrected chi connectivity index (χ1v) is 4.61. The van der Waals surface area contributed by atoms with E-state index in [0.29, 0.717) is 26.3 Å².